The average molecular weight is 378 g/mol. The summed E-state index contributed by atoms with van der Waals surface area (Å²) in [4.78, 5) is 6.36. The van der Waals surface area contributed by atoms with Crippen molar-refractivity contribution in [2.45, 2.75) is 50.7 Å². The predicted octanol–water partition coefficient (Wildman–Crippen LogP) is 2.41. The third-order valence-corrected chi connectivity index (χ3v) is 5.64. The average Bonchev–Trinajstić information content (AvgIpc) is 3.20. The van der Waals surface area contributed by atoms with Crippen LogP contribution < -0.4 is 0 Å². The summed E-state index contributed by atoms with van der Waals surface area (Å²) in [7, 11) is -1.34. The summed E-state index contributed by atoms with van der Waals surface area (Å²) in [5.74, 6) is 0. The van der Waals surface area contributed by atoms with Gasteiger partial charge in [0.15, 0.2) is 0 Å². The number of nitrogens with zero attached hydrogens (tertiary/aromatic N) is 3. The number of sulfone groups is 1. The van der Waals surface area contributed by atoms with E-state index in [9.17, 15) is 8.42 Å². The van der Waals surface area contributed by atoms with Gasteiger partial charge in [0, 0.05) is 26.0 Å². The minimum atomic E-state index is -3.38. The van der Waals surface area contributed by atoms with Crippen LogP contribution in [0.1, 0.15) is 29.7 Å². The van der Waals surface area contributed by atoms with E-state index in [1.165, 1.54) is 17.4 Å². The Kier molecular flexibility index (Phi) is 5.79. The maximum absolute atomic E-state index is 12.1. The number of aryl methyl sites for hydroxylation is 1. The molecule has 1 unspecified atom stereocenters. The SMILES string of the molecule is Cc1ccc(CN(C)Cc2cnc(S(C)(=O)=O)n2CC2CCCO2)cc1. The minimum Gasteiger partial charge on any atom is -0.376 e. The normalized spacial score (nSPS) is 17.9. The molecule has 1 atom stereocenters. The first kappa shape index (κ1) is 19.1. The molecule has 2 aromatic rings. The van der Waals surface area contributed by atoms with Crippen LogP contribution in [0.3, 0.4) is 0 Å². The third kappa shape index (κ3) is 4.72. The Labute approximate surface area is 155 Å². The van der Waals surface area contributed by atoms with Crippen LogP contribution in [0, 0.1) is 6.92 Å². The van der Waals surface area contributed by atoms with Crippen molar-refractivity contribution in [3.63, 3.8) is 0 Å². The maximum Gasteiger partial charge on any atom is 0.227 e. The van der Waals surface area contributed by atoms with Crippen molar-refractivity contribution in [2.75, 3.05) is 19.9 Å². The fourth-order valence-corrected chi connectivity index (χ4v) is 4.18. The summed E-state index contributed by atoms with van der Waals surface area (Å²) in [6.07, 6.45) is 4.93. The van der Waals surface area contributed by atoms with Crippen LogP contribution in [-0.4, -0.2) is 48.9 Å². The fraction of sp³-hybridized carbons (Fsp3) is 0.526. The zero-order valence-corrected chi connectivity index (χ0v) is 16.5. The van der Waals surface area contributed by atoms with Gasteiger partial charge < -0.3 is 9.30 Å². The molecule has 0 amide bonds. The van der Waals surface area contributed by atoms with Gasteiger partial charge in [0.2, 0.25) is 15.0 Å². The van der Waals surface area contributed by atoms with Gasteiger partial charge in [-0.05, 0) is 32.4 Å². The first-order chi connectivity index (χ1) is 12.3. The van der Waals surface area contributed by atoms with Crippen LogP contribution >= 0.6 is 0 Å². The zero-order valence-electron chi connectivity index (χ0n) is 15.7. The van der Waals surface area contributed by atoms with Crippen molar-refractivity contribution in [3.8, 4) is 0 Å². The molecule has 1 aromatic carbocycles. The minimum absolute atomic E-state index is 0.0610. The second-order valence-corrected chi connectivity index (χ2v) is 9.12. The van der Waals surface area contributed by atoms with E-state index < -0.39 is 9.84 Å². The third-order valence-electron chi connectivity index (χ3n) is 4.65. The van der Waals surface area contributed by atoms with Gasteiger partial charge in [-0.3, -0.25) is 4.90 Å². The monoisotopic (exact) mass is 377 g/mol. The second kappa shape index (κ2) is 7.90. The van der Waals surface area contributed by atoms with E-state index in [0.29, 0.717) is 13.1 Å². The van der Waals surface area contributed by atoms with Crippen LogP contribution in [0.15, 0.2) is 35.6 Å². The van der Waals surface area contributed by atoms with Gasteiger partial charge in [-0.2, -0.15) is 0 Å². The van der Waals surface area contributed by atoms with Gasteiger partial charge in [0.1, 0.15) is 0 Å². The largest absolute Gasteiger partial charge is 0.376 e. The molecule has 7 heteroatoms. The molecule has 6 nitrogen and oxygen atoms in total. The van der Waals surface area contributed by atoms with Crippen LogP contribution in [-0.2, 0) is 34.2 Å². The molecule has 0 aliphatic carbocycles. The topological polar surface area (TPSA) is 64.4 Å². The molecule has 0 N–H and O–H groups in total. The van der Waals surface area contributed by atoms with Crippen molar-refractivity contribution in [1.29, 1.82) is 0 Å². The van der Waals surface area contributed by atoms with Crippen LogP contribution in [0.25, 0.3) is 0 Å². The van der Waals surface area contributed by atoms with Gasteiger partial charge in [-0.15, -0.1) is 0 Å². The van der Waals surface area contributed by atoms with Gasteiger partial charge in [0.05, 0.1) is 24.5 Å². The van der Waals surface area contributed by atoms with Crippen LogP contribution in [0.5, 0.6) is 0 Å². The number of benzene rings is 1. The Bertz CT molecular complexity index is 837. The maximum atomic E-state index is 12.1. The molecule has 26 heavy (non-hydrogen) atoms. The Morgan fingerprint density at radius 3 is 2.62 bits per heavy atom. The van der Waals surface area contributed by atoms with E-state index >= 15 is 0 Å². The molecule has 1 aliphatic heterocycles. The lowest BCUT2D eigenvalue weighted by atomic mass is 10.1. The van der Waals surface area contributed by atoms with Crippen molar-refractivity contribution >= 4 is 9.84 Å². The van der Waals surface area contributed by atoms with Crippen molar-refractivity contribution in [2.24, 2.45) is 0 Å². The first-order valence-corrected chi connectivity index (χ1v) is 10.8. The van der Waals surface area contributed by atoms with Crippen molar-refractivity contribution < 1.29 is 13.2 Å². The van der Waals surface area contributed by atoms with E-state index in [2.05, 4.69) is 41.1 Å². The smallest absolute Gasteiger partial charge is 0.227 e. The Hall–Kier alpha value is -1.70. The Morgan fingerprint density at radius 1 is 1.27 bits per heavy atom. The summed E-state index contributed by atoms with van der Waals surface area (Å²) >= 11 is 0. The molecule has 1 fully saturated rings. The molecule has 0 bridgehead atoms. The van der Waals surface area contributed by atoms with Crippen molar-refractivity contribution in [3.05, 3.63) is 47.3 Å². The number of imidazole rings is 1. The Morgan fingerprint density at radius 2 is 2.00 bits per heavy atom. The predicted molar refractivity (Wildman–Crippen MR) is 101 cm³/mol. The molecule has 0 saturated carbocycles. The van der Waals surface area contributed by atoms with Crippen LogP contribution in [0.4, 0.5) is 0 Å². The number of ether oxygens (including phenoxy) is 1. The summed E-state index contributed by atoms with van der Waals surface area (Å²) in [5.41, 5.74) is 3.37. The summed E-state index contributed by atoms with van der Waals surface area (Å²) < 4.78 is 31.7. The molecule has 1 aliphatic rings. The number of hydrogen-bond acceptors (Lipinski definition) is 5. The molecule has 0 radical (unpaired) electrons. The Balaban J connectivity index is 1.77. The number of aromatic nitrogens is 2. The second-order valence-electron chi connectivity index (χ2n) is 7.21. The molecule has 3 rings (SSSR count). The van der Waals surface area contributed by atoms with E-state index in [1.807, 2.05) is 11.6 Å². The number of rotatable bonds is 7. The molecule has 142 valence electrons. The lowest BCUT2D eigenvalue weighted by molar-refractivity contribution is 0.0934. The molecule has 0 spiro atoms. The highest BCUT2D eigenvalue weighted by molar-refractivity contribution is 7.90. The molecule has 2 heterocycles. The standard InChI is InChI=1S/C19H27N3O3S/c1-15-6-8-16(9-7-15)12-21(2)13-17-11-20-19(26(3,23)24)22(17)14-18-5-4-10-25-18/h6-9,11,18H,4-5,10,12-14H2,1-3H3. The molecular formula is C19H27N3O3S. The summed E-state index contributed by atoms with van der Waals surface area (Å²) in [6.45, 7) is 4.78. The van der Waals surface area contributed by atoms with Crippen molar-refractivity contribution in [1.82, 2.24) is 14.5 Å². The van der Waals surface area contributed by atoms with Gasteiger partial charge in [-0.1, -0.05) is 29.8 Å². The summed E-state index contributed by atoms with van der Waals surface area (Å²) in [6, 6.07) is 8.45. The quantitative estimate of drug-likeness (QED) is 0.741. The highest BCUT2D eigenvalue weighted by atomic mass is 32.2. The molecular weight excluding hydrogens is 350 g/mol. The van der Waals surface area contributed by atoms with E-state index in [4.69, 9.17) is 4.74 Å². The van der Waals surface area contributed by atoms with E-state index in [0.717, 1.165) is 31.7 Å². The molecule has 1 saturated heterocycles. The first-order valence-electron chi connectivity index (χ1n) is 8.93. The highest BCUT2D eigenvalue weighted by Gasteiger charge is 2.24. The fourth-order valence-electron chi connectivity index (χ4n) is 3.34. The number of hydrogen-bond donors (Lipinski definition) is 0. The van der Waals surface area contributed by atoms with Crippen LogP contribution in [0.2, 0.25) is 0 Å². The highest BCUT2D eigenvalue weighted by Crippen LogP contribution is 2.20. The zero-order chi connectivity index (χ0) is 18.7. The lowest BCUT2D eigenvalue weighted by Gasteiger charge is -2.20. The van der Waals surface area contributed by atoms with E-state index in [-0.39, 0.29) is 11.3 Å². The van der Waals surface area contributed by atoms with Gasteiger partial charge in [-0.25, -0.2) is 13.4 Å². The van der Waals surface area contributed by atoms with Gasteiger partial charge in [0.25, 0.3) is 0 Å². The van der Waals surface area contributed by atoms with E-state index in [1.54, 1.807) is 6.20 Å². The molecule has 1 aromatic heterocycles. The lowest BCUT2D eigenvalue weighted by Crippen LogP contribution is -2.24. The van der Waals surface area contributed by atoms with Gasteiger partial charge >= 0.3 is 0 Å². The summed E-state index contributed by atoms with van der Waals surface area (Å²) in [5, 5.41) is 0.131.